The molecule has 2 aromatic carbocycles. The molecule has 4 rings (SSSR count). The lowest BCUT2D eigenvalue weighted by molar-refractivity contribution is -0.130. The zero-order valence-corrected chi connectivity index (χ0v) is 19.0. The first kappa shape index (κ1) is 21.6. The molecule has 32 heavy (non-hydrogen) atoms. The second kappa shape index (κ2) is 8.86. The Morgan fingerprint density at radius 1 is 0.938 bits per heavy atom. The number of nitrogens with zero attached hydrogens (tertiary/aromatic N) is 4. The highest BCUT2D eigenvalue weighted by atomic mass is 16.5. The molecule has 0 spiro atoms. The van der Waals surface area contributed by atoms with Crippen molar-refractivity contribution in [3.63, 3.8) is 0 Å². The Morgan fingerprint density at radius 3 is 2.31 bits per heavy atom. The summed E-state index contributed by atoms with van der Waals surface area (Å²) in [5.74, 6) is 0.685. The van der Waals surface area contributed by atoms with E-state index < -0.39 is 0 Å². The normalized spacial score (nSPS) is 13.9. The summed E-state index contributed by atoms with van der Waals surface area (Å²) in [4.78, 5) is 28.8. The number of aromatic nitrogens is 2. The van der Waals surface area contributed by atoms with Gasteiger partial charge in [0, 0.05) is 38.7 Å². The maximum atomic E-state index is 13.6. The molecule has 0 bridgehead atoms. The van der Waals surface area contributed by atoms with E-state index in [0.29, 0.717) is 37.6 Å². The molecule has 7 nitrogen and oxygen atoms in total. The predicted molar refractivity (Wildman–Crippen MR) is 123 cm³/mol. The van der Waals surface area contributed by atoms with Crippen LogP contribution in [0.1, 0.15) is 28.5 Å². The first-order chi connectivity index (χ1) is 15.4. The van der Waals surface area contributed by atoms with Crippen molar-refractivity contribution in [3.05, 3.63) is 65.4 Å². The van der Waals surface area contributed by atoms with Crippen molar-refractivity contribution < 1.29 is 14.3 Å². The fraction of sp³-hybridized carbons (Fsp3) is 0.320. The van der Waals surface area contributed by atoms with Crippen molar-refractivity contribution in [2.45, 2.75) is 20.8 Å². The van der Waals surface area contributed by atoms with E-state index in [2.05, 4.69) is 6.07 Å². The first-order valence-electron chi connectivity index (χ1n) is 10.7. The molecular weight excluding hydrogens is 404 g/mol. The molecule has 2 heterocycles. The number of amides is 2. The second-order valence-electron chi connectivity index (χ2n) is 8.15. The van der Waals surface area contributed by atoms with Gasteiger partial charge in [0.15, 0.2) is 0 Å². The number of methoxy groups -OCH3 is 1. The largest absolute Gasteiger partial charge is 0.497 e. The number of rotatable bonds is 4. The van der Waals surface area contributed by atoms with Gasteiger partial charge in [-0.3, -0.25) is 9.59 Å². The number of ether oxygens (including phenoxy) is 1. The van der Waals surface area contributed by atoms with Gasteiger partial charge in [0.1, 0.15) is 11.4 Å². The molecule has 1 aliphatic heterocycles. The molecule has 0 atom stereocenters. The maximum absolute atomic E-state index is 13.6. The van der Waals surface area contributed by atoms with Gasteiger partial charge >= 0.3 is 0 Å². The maximum Gasteiger partial charge on any atom is 0.272 e. The molecule has 166 valence electrons. The van der Waals surface area contributed by atoms with Crippen molar-refractivity contribution in [1.29, 1.82) is 0 Å². The number of aryl methyl sites for hydroxylation is 2. The van der Waals surface area contributed by atoms with Crippen LogP contribution in [0.3, 0.4) is 0 Å². The van der Waals surface area contributed by atoms with Gasteiger partial charge in [0.2, 0.25) is 5.91 Å². The van der Waals surface area contributed by atoms with Crippen LogP contribution in [0.5, 0.6) is 5.75 Å². The third kappa shape index (κ3) is 4.23. The van der Waals surface area contributed by atoms with Crippen molar-refractivity contribution in [1.82, 2.24) is 19.6 Å². The van der Waals surface area contributed by atoms with Crippen LogP contribution in [0.4, 0.5) is 0 Å². The van der Waals surface area contributed by atoms with Crippen LogP contribution in [0.25, 0.3) is 16.9 Å². The lowest BCUT2D eigenvalue weighted by Gasteiger charge is -2.34. The zero-order chi connectivity index (χ0) is 22.8. The van der Waals surface area contributed by atoms with Crippen LogP contribution in [0.15, 0.2) is 48.5 Å². The highest BCUT2D eigenvalue weighted by Gasteiger charge is 2.27. The predicted octanol–water partition coefficient (Wildman–Crippen LogP) is 3.47. The summed E-state index contributed by atoms with van der Waals surface area (Å²) in [6.07, 6.45) is 0. The smallest absolute Gasteiger partial charge is 0.272 e. The first-order valence-corrected chi connectivity index (χ1v) is 10.7. The van der Waals surface area contributed by atoms with E-state index in [4.69, 9.17) is 9.84 Å². The van der Waals surface area contributed by atoms with E-state index in [1.165, 1.54) is 0 Å². The van der Waals surface area contributed by atoms with Gasteiger partial charge in [0.25, 0.3) is 5.91 Å². The topological polar surface area (TPSA) is 67.7 Å². The molecule has 1 aliphatic rings. The Balaban J connectivity index is 1.75. The number of piperazine rings is 1. The molecule has 3 aromatic rings. The SMILES string of the molecule is COc1cccc(-c2cc(C(=O)N3CCN(C(C)=O)CC3)n(-c3ccc(C)cc3C)n2)c1. The van der Waals surface area contributed by atoms with Crippen LogP contribution in [-0.4, -0.2) is 64.7 Å². The summed E-state index contributed by atoms with van der Waals surface area (Å²) in [7, 11) is 1.63. The standard InChI is InChI=1S/C25H28N4O3/c1-17-8-9-23(18(2)14-17)29-24(25(31)28-12-10-27(11-13-28)19(3)30)16-22(26-29)20-6-5-7-21(15-20)32-4/h5-9,14-16H,10-13H2,1-4H3. The third-order valence-corrected chi connectivity index (χ3v) is 5.89. The van der Waals surface area contributed by atoms with Gasteiger partial charge in [-0.25, -0.2) is 4.68 Å². The van der Waals surface area contributed by atoms with E-state index in [1.54, 1.807) is 28.5 Å². The summed E-state index contributed by atoms with van der Waals surface area (Å²) in [5, 5.41) is 4.82. The van der Waals surface area contributed by atoms with Crippen LogP contribution in [-0.2, 0) is 4.79 Å². The number of hydrogen-bond acceptors (Lipinski definition) is 4. The molecular formula is C25H28N4O3. The number of benzene rings is 2. The van der Waals surface area contributed by atoms with Crippen LogP contribution < -0.4 is 4.74 Å². The van der Waals surface area contributed by atoms with E-state index >= 15 is 0 Å². The average molecular weight is 433 g/mol. The lowest BCUT2D eigenvalue weighted by atomic mass is 10.1. The second-order valence-corrected chi connectivity index (χ2v) is 8.15. The molecule has 1 saturated heterocycles. The van der Waals surface area contributed by atoms with Crippen molar-refractivity contribution in [2.75, 3.05) is 33.3 Å². The van der Waals surface area contributed by atoms with Crippen molar-refractivity contribution in [3.8, 4) is 22.7 Å². The van der Waals surface area contributed by atoms with Crippen molar-refractivity contribution >= 4 is 11.8 Å². The summed E-state index contributed by atoms with van der Waals surface area (Å²) < 4.78 is 7.10. The minimum Gasteiger partial charge on any atom is -0.497 e. The molecule has 0 aliphatic carbocycles. The van der Waals surface area contributed by atoms with Crippen LogP contribution in [0, 0.1) is 13.8 Å². The molecule has 0 saturated carbocycles. The highest BCUT2D eigenvalue weighted by molar-refractivity contribution is 5.94. The van der Waals surface area contributed by atoms with Gasteiger partial charge in [-0.15, -0.1) is 0 Å². The Hall–Kier alpha value is -3.61. The van der Waals surface area contributed by atoms with Crippen LogP contribution >= 0.6 is 0 Å². The fourth-order valence-corrected chi connectivity index (χ4v) is 4.07. The van der Waals surface area contributed by atoms with Crippen LogP contribution in [0.2, 0.25) is 0 Å². The highest BCUT2D eigenvalue weighted by Crippen LogP contribution is 2.27. The molecule has 2 amide bonds. The average Bonchev–Trinajstić information content (AvgIpc) is 3.24. The molecule has 0 radical (unpaired) electrons. The minimum atomic E-state index is -0.0881. The molecule has 1 fully saturated rings. The van der Waals surface area contributed by atoms with E-state index in [9.17, 15) is 9.59 Å². The number of hydrogen-bond donors (Lipinski definition) is 0. The number of carbonyl (C=O) groups is 2. The van der Waals surface area contributed by atoms with Gasteiger partial charge in [-0.05, 0) is 43.7 Å². The van der Waals surface area contributed by atoms with Crippen molar-refractivity contribution in [2.24, 2.45) is 0 Å². The quantitative estimate of drug-likeness (QED) is 0.633. The zero-order valence-electron chi connectivity index (χ0n) is 19.0. The van der Waals surface area contributed by atoms with Gasteiger partial charge < -0.3 is 14.5 Å². The molecule has 7 heteroatoms. The summed E-state index contributed by atoms with van der Waals surface area (Å²) >= 11 is 0. The van der Waals surface area contributed by atoms with Gasteiger partial charge in [-0.1, -0.05) is 29.8 Å². The van der Waals surface area contributed by atoms with E-state index in [-0.39, 0.29) is 11.8 Å². The minimum absolute atomic E-state index is 0.0396. The molecule has 0 unspecified atom stereocenters. The lowest BCUT2D eigenvalue weighted by Crippen LogP contribution is -2.50. The van der Waals surface area contributed by atoms with Gasteiger partial charge in [-0.2, -0.15) is 5.10 Å². The Kier molecular flexibility index (Phi) is 5.99. The van der Waals surface area contributed by atoms with E-state index in [1.807, 2.05) is 56.3 Å². The summed E-state index contributed by atoms with van der Waals surface area (Å²) in [5.41, 5.74) is 5.15. The Bertz CT molecular complexity index is 1160. The molecule has 1 aromatic heterocycles. The van der Waals surface area contributed by atoms with Gasteiger partial charge in [0.05, 0.1) is 18.5 Å². The fourth-order valence-electron chi connectivity index (χ4n) is 4.07. The summed E-state index contributed by atoms with van der Waals surface area (Å²) in [6.45, 7) is 7.73. The Labute approximate surface area is 188 Å². The number of carbonyl (C=O) groups excluding carboxylic acids is 2. The monoisotopic (exact) mass is 432 g/mol. The summed E-state index contributed by atoms with van der Waals surface area (Å²) in [6, 6.07) is 15.6. The third-order valence-electron chi connectivity index (χ3n) is 5.89. The molecule has 0 N–H and O–H groups in total. The van der Waals surface area contributed by atoms with E-state index in [0.717, 1.165) is 28.1 Å². The Morgan fingerprint density at radius 2 is 1.66 bits per heavy atom.